The molecule has 2 fully saturated rings. The summed E-state index contributed by atoms with van der Waals surface area (Å²) < 4.78 is 0. The molecule has 0 spiro atoms. The van der Waals surface area contributed by atoms with Gasteiger partial charge in [0.1, 0.15) is 0 Å². The van der Waals surface area contributed by atoms with Crippen LogP contribution in [0.3, 0.4) is 0 Å². The maximum absolute atomic E-state index is 11.9. The van der Waals surface area contributed by atoms with Crippen LogP contribution in [0.5, 0.6) is 0 Å². The minimum atomic E-state index is -0.110. The average Bonchev–Trinajstić information content (AvgIpc) is 3.21. The van der Waals surface area contributed by atoms with Crippen LogP contribution in [0.4, 0.5) is 0 Å². The number of piperazine rings is 1. The van der Waals surface area contributed by atoms with E-state index in [1.807, 2.05) is 6.92 Å². The van der Waals surface area contributed by atoms with Gasteiger partial charge in [0.15, 0.2) is 0 Å². The van der Waals surface area contributed by atoms with Crippen molar-refractivity contribution in [1.29, 1.82) is 0 Å². The number of nitrogens with two attached hydrogens (primary N) is 1. The molecular weight excluding hydrogens is 232 g/mol. The van der Waals surface area contributed by atoms with Gasteiger partial charge in [-0.05, 0) is 19.8 Å². The van der Waals surface area contributed by atoms with Gasteiger partial charge in [0.25, 0.3) is 0 Å². The molecule has 1 saturated heterocycles. The summed E-state index contributed by atoms with van der Waals surface area (Å²) in [6.07, 6.45) is 2.22. The van der Waals surface area contributed by atoms with Crippen LogP contribution in [0.2, 0.25) is 0 Å². The summed E-state index contributed by atoms with van der Waals surface area (Å²) in [6.45, 7) is 4.81. The lowest BCUT2D eigenvalue weighted by Gasteiger charge is -2.37. The summed E-state index contributed by atoms with van der Waals surface area (Å²) in [5, 5.41) is 3.01. The lowest BCUT2D eigenvalue weighted by Crippen LogP contribution is -2.55. The van der Waals surface area contributed by atoms with Gasteiger partial charge in [-0.25, -0.2) is 0 Å². The topological polar surface area (TPSA) is 78.7 Å². The summed E-state index contributed by atoms with van der Waals surface area (Å²) in [5.41, 5.74) is 5.34. The van der Waals surface area contributed by atoms with E-state index in [1.165, 1.54) is 0 Å². The molecule has 2 rings (SSSR count). The average molecular weight is 254 g/mol. The highest BCUT2D eigenvalue weighted by atomic mass is 16.2. The van der Waals surface area contributed by atoms with Gasteiger partial charge in [0, 0.05) is 32.2 Å². The molecule has 0 aromatic carbocycles. The number of rotatable bonds is 4. The molecule has 1 atom stereocenters. The van der Waals surface area contributed by atoms with Crippen molar-refractivity contribution in [2.75, 3.05) is 32.7 Å². The Hall–Kier alpha value is -1.14. The summed E-state index contributed by atoms with van der Waals surface area (Å²) in [6, 6.07) is 0.292. The summed E-state index contributed by atoms with van der Waals surface area (Å²) in [4.78, 5) is 27.2. The Morgan fingerprint density at radius 2 is 1.89 bits per heavy atom. The molecule has 0 aromatic heterocycles. The fourth-order valence-electron chi connectivity index (χ4n) is 2.20. The highest BCUT2D eigenvalue weighted by Crippen LogP contribution is 2.19. The Kier molecular flexibility index (Phi) is 4.19. The minimum Gasteiger partial charge on any atom is -0.352 e. The van der Waals surface area contributed by atoms with E-state index in [9.17, 15) is 9.59 Å². The predicted octanol–water partition coefficient (Wildman–Crippen LogP) is -1.24. The molecule has 1 unspecified atom stereocenters. The zero-order chi connectivity index (χ0) is 13.1. The molecule has 0 radical (unpaired) electrons. The van der Waals surface area contributed by atoms with E-state index in [2.05, 4.69) is 10.2 Å². The molecule has 102 valence electrons. The number of nitrogens with one attached hydrogen (secondary N) is 1. The molecular formula is C12H22N4O2. The molecule has 2 amide bonds. The number of amides is 2. The third-order valence-electron chi connectivity index (χ3n) is 3.69. The van der Waals surface area contributed by atoms with Crippen molar-refractivity contribution in [3.63, 3.8) is 0 Å². The maximum atomic E-state index is 11.9. The van der Waals surface area contributed by atoms with Gasteiger partial charge in [0.05, 0.1) is 12.6 Å². The third-order valence-corrected chi connectivity index (χ3v) is 3.69. The monoisotopic (exact) mass is 254 g/mol. The number of nitrogens with zero attached hydrogens (tertiary/aromatic N) is 2. The molecule has 1 saturated carbocycles. The number of hydrogen-bond donors (Lipinski definition) is 2. The first-order chi connectivity index (χ1) is 8.61. The van der Waals surface area contributed by atoms with E-state index >= 15 is 0 Å². The zero-order valence-electron chi connectivity index (χ0n) is 10.9. The van der Waals surface area contributed by atoms with Crippen LogP contribution >= 0.6 is 0 Å². The van der Waals surface area contributed by atoms with Gasteiger partial charge in [-0.2, -0.15) is 0 Å². The maximum Gasteiger partial charge on any atom is 0.237 e. The van der Waals surface area contributed by atoms with E-state index in [1.54, 1.807) is 4.90 Å². The SMILES string of the molecule is CC(C(=O)NC1CC1)N1CCN(C(=O)CN)CC1. The Bertz CT molecular complexity index is 322. The van der Waals surface area contributed by atoms with E-state index in [-0.39, 0.29) is 24.4 Å². The van der Waals surface area contributed by atoms with Crippen LogP contribution < -0.4 is 11.1 Å². The van der Waals surface area contributed by atoms with Gasteiger partial charge in [-0.3, -0.25) is 14.5 Å². The highest BCUT2D eigenvalue weighted by molar-refractivity contribution is 5.82. The first-order valence-corrected chi connectivity index (χ1v) is 6.64. The van der Waals surface area contributed by atoms with Gasteiger partial charge >= 0.3 is 0 Å². The fraction of sp³-hybridized carbons (Fsp3) is 0.833. The van der Waals surface area contributed by atoms with Crippen LogP contribution in [0, 0.1) is 0 Å². The molecule has 6 nitrogen and oxygen atoms in total. The van der Waals surface area contributed by atoms with Gasteiger partial charge in [-0.1, -0.05) is 0 Å². The summed E-state index contributed by atoms with van der Waals surface area (Å²) >= 11 is 0. The van der Waals surface area contributed by atoms with Crippen LogP contribution in [-0.2, 0) is 9.59 Å². The molecule has 0 aromatic rings. The summed E-state index contributed by atoms with van der Waals surface area (Å²) in [5.74, 6) is 0.0980. The van der Waals surface area contributed by atoms with E-state index in [4.69, 9.17) is 5.73 Å². The highest BCUT2D eigenvalue weighted by Gasteiger charge is 2.30. The summed E-state index contributed by atoms with van der Waals surface area (Å²) in [7, 11) is 0. The second-order valence-electron chi connectivity index (χ2n) is 5.08. The first kappa shape index (κ1) is 13.3. The molecule has 0 bridgehead atoms. The number of carbonyl (C=O) groups is 2. The smallest absolute Gasteiger partial charge is 0.237 e. The molecule has 6 heteroatoms. The fourth-order valence-corrected chi connectivity index (χ4v) is 2.20. The lowest BCUT2D eigenvalue weighted by molar-refractivity contribution is -0.133. The minimum absolute atomic E-state index is 0.00950. The third kappa shape index (κ3) is 3.20. The van der Waals surface area contributed by atoms with Crippen molar-refractivity contribution >= 4 is 11.8 Å². The second kappa shape index (κ2) is 5.67. The van der Waals surface area contributed by atoms with E-state index in [0.717, 1.165) is 25.9 Å². The first-order valence-electron chi connectivity index (χ1n) is 6.64. The zero-order valence-corrected chi connectivity index (χ0v) is 10.9. The number of carbonyl (C=O) groups excluding carboxylic acids is 2. The Morgan fingerprint density at radius 3 is 2.39 bits per heavy atom. The van der Waals surface area contributed by atoms with Gasteiger partial charge < -0.3 is 16.0 Å². The Balaban J connectivity index is 1.77. The predicted molar refractivity (Wildman–Crippen MR) is 67.8 cm³/mol. The van der Waals surface area contributed by atoms with E-state index in [0.29, 0.717) is 19.1 Å². The van der Waals surface area contributed by atoms with Crippen molar-refractivity contribution in [3.05, 3.63) is 0 Å². The van der Waals surface area contributed by atoms with E-state index < -0.39 is 0 Å². The second-order valence-corrected chi connectivity index (χ2v) is 5.08. The van der Waals surface area contributed by atoms with Crippen LogP contribution in [0.1, 0.15) is 19.8 Å². The molecule has 18 heavy (non-hydrogen) atoms. The normalized spacial score (nSPS) is 22.7. The van der Waals surface area contributed by atoms with Gasteiger partial charge in [-0.15, -0.1) is 0 Å². The van der Waals surface area contributed by atoms with Gasteiger partial charge in [0.2, 0.25) is 11.8 Å². The molecule has 1 aliphatic carbocycles. The standard InChI is InChI=1S/C12H22N4O2/c1-9(12(18)14-10-2-3-10)15-4-6-16(7-5-15)11(17)8-13/h9-10H,2-8,13H2,1H3,(H,14,18). The number of hydrogen-bond acceptors (Lipinski definition) is 4. The van der Waals surface area contributed by atoms with Crippen molar-refractivity contribution < 1.29 is 9.59 Å². The Labute approximate surface area is 107 Å². The molecule has 1 heterocycles. The van der Waals surface area contributed by atoms with Crippen molar-refractivity contribution in [2.45, 2.75) is 31.8 Å². The van der Waals surface area contributed by atoms with Crippen molar-refractivity contribution in [1.82, 2.24) is 15.1 Å². The molecule has 1 aliphatic heterocycles. The van der Waals surface area contributed by atoms with Crippen LogP contribution in [-0.4, -0.2) is 66.4 Å². The Morgan fingerprint density at radius 1 is 1.28 bits per heavy atom. The van der Waals surface area contributed by atoms with Crippen molar-refractivity contribution in [3.8, 4) is 0 Å². The molecule has 2 aliphatic rings. The quantitative estimate of drug-likeness (QED) is 0.657. The van der Waals surface area contributed by atoms with Crippen LogP contribution in [0.15, 0.2) is 0 Å². The lowest BCUT2D eigenvalue weighted by atomic mass is 10.2. The van der Waals surface area contributed by atoms with Crippen molar-refractivity contribution in [2.24, 2.45) is 5.73 Å². The largest absolute Gasteiger partial charge is 0.352 e. The van der Waals surface area contributed by atoms with Crippen LogP contribution in [0.25, 0.3) is 0 Å². The molecule has 3 N–H and O–H groups in total.